The second kappa shape index (κ2) is 6.72. The van der Waals surface area contributed by atoms with Crippen molar-refractivity contribution in [3.05, 3.63) is 35.9 Å². The lowest BCUT2D eigenvalue weighted by atomic mass is 9.96. The third-order valence-corrected chi connectivity index (χ3v) is 5.67. The number of likely N-dealkylation sites (tertiary alicyclic amines) is 1. The van der Waals surface area contributed by atoms with E-state index in [0.29, 0.717) is 19.6 Å². The highest BCUT2D eigenvalue weighted by Gasteiger charge is 2.44. The Kier molecular flexibility index (Phi) is 4.83. The number of benzene rings is 1. The Balaban J connectivity index is 1.54. The second-order valence-electron chi connectivity index (χ2n) is 6.98. The molecule has 1 aliphatic heterocycles. The van der Waals surface area contributed by atoms with Crippen LogP contribution in [0.15, 0.2) is 30.3 Å². The molecule has 3 rings (SSSR count). The van der Waals surface area contributed by atoms with Crippen LogP contribution in [0.4, 0.5) is 4.79 Å². The highest BCUT2D eigenvalue weighted by atomic mass is 32.2. The van der Waals surface area contributed by atoms with Crippen LogP contribution in [0.1, 0.15) is 31.2 Å². The van der Waals surface area contributed by atoms with E-state index in [2.05, 4.69) is 22.2 Å². The van der Waals surface area contributed by atoms with Crippen molar-refractivity contribution in [2.75, 3.05) is 25.9 Å². The Hall–Kier alpha value is -1.60. The van der Waals surface area contributed by atoms with E-state index in [1.54, 1.807) is 4.90 Å². The quantitative estimate of drug-likeness (QED) is 0.843. The summed E-state index contributed by atoms with van der Waals surface area (Å²) in [7, 11) is -3.24. The van der Waals surface area contributed by atoms with Crippen LogP contribution in [0.5, 0.6) is 0 Å². The number of carbonyl (C=O) groups is 1. The zero-order chi connectivity index (χ0) is 17.2. The fourth-order valence-corrected chi connectivity index (χ4v) is 4.23. The molecule has 1 unspecified atom stereocenters. The number of nitrogens with zero attached hydrogens (tertiary/aromatic N) is 1. The molecule has 0 spiro atoms. The minimum Gasteiger partial charge on any atom is -0.337 e. The summed E-state index contributed by atoms with van der Waals surface area (Å²) in [6.45, 7) is 1.74. The first-order valence-electron chi connectivity index (χ1n) is 8.44. The van der Waals surface area contributed by atoms with Crippen molar-refractivity contribution < 1.29 is 13.2 Å². The molecule has 2 N–H and O–H groups in total. The zero-order valence-corrected chi connectivity index (χ0v) is 14.8. The van der Waals surface area contributed by atoms with Crippen LogP contribution in [0.3, 0.4) is 0 Å². The molecule has 1 aromatic carbocycles. The van der Waals surface area contributed by atoms with Crippen molar-refractivity contribution in [2.45, 2.75) is 37.1 Å². The summed E-state index contributed by atoms with van der Waals surface area (Å²) in [5.74, 6) is 0. The molecule has 1 aliphatic carbocycles. The lowest BCUT2D eigenvalue weighted by Gasteiger charge is -2.33. The molecule has 2 fully saturated rings. The van der Waals surface area contributed by atoms with Gasteiger partial charge in [-0.15, -0.1) is 0 Å². The summed E-state index contributed by atoms with van der Waals surface area (Å²) in [5, 5.41) is 3.05. The predicted molar refractivity (Wildman–Crippen MR) is 93.3 cm³/mol. The van der Waals surface area contributed by atoms with Crippen LogP contribution < -0.4 is 10.0 Å². The van der Waals surface area contributed by atoms with E-state index in [1.807, 2.05) is 18.2 Å². The Morgan fingerprint density at radius 2 is 2.00 bits per heavy atom. The molecular formula is C17H25N3O3S. The first-order valence-corrected chi connectivity index (χ1v) is 10.3. The largest absolute Gasteiger partial charge is 0.337 e. The number of nitrogens with one attached hydrogen (secondary N) is 2. The number of hydrogen-bond acceptors (Lipinski definition) is 3. The first kappa shape index (κ1) is 17.2. The van der Waals surface area contributed by atoms with Gasteiger partial charge < -0.3 is 10.2 Å². The zero-order valence-electron chi connectivity index (χ0n) is 14.0. The minimum absolute atomic E-state index is 0.0805. The monoisotopic (exact) mass is 351 g/mol. The molecule has 1 saturated carbocycles. The molecule has 2 aliphatic rings. The Labute approximate surface area is 143 Å². The molecular weight excluding hydrogens is 326 g/mol. The van der Waals surface area contributed by atoms with Crippen LogP contribution in [-0.2, 0) is 15.4 Å². The molecule has 6 nitrogen and oxygen atoms in total. The van der Waals surface area contributed by atoms with Crippen molar-refractivity contribution in [3.8, 4) is 0 Å². The number of amides is 2. The third-order valence-electron chi connectivity index (χ3n) is 4.91. The van der Waals surface area contributed by atoms with Gasteiger partial charge in [-0.25, -0.2) is 17.9 Å². The van der Waals surface area contributed by atoms with Crippen molar-refractivity contribution >= 4 is 16.1 Å². The second-order valence-corrected chi connectivity index (χ2v) is 8.76. The van der Waals surface area contributed by atoms with Crippen LogP contribution in [0.2, 0.25) is 0 Å². The maximum atomic E-state index is 12.5. The van der Waals surface area contributed by atoms with Gasteiger partial charge in [-0.2, -0.15) is 0 Å². The number of carbonyl (C=O) groups excluding carboxylic acids is 1. The van der Waals surface area contributed by atoms with Crippen molar-refractivity contribution in [1.82, 2.24) is 14.9 Å². The van der Waals surface area contributed by atoms with E-state index in [0.717, 1.165) is 31.9 Å². The SMILES string of the molecule is CS(=O)(=O)NC1CCCN(C(=O)NCC2(c3ccccc3)CC2)C1. The average molecular weight is 351 g/mol. The van der Waals surface area contributed by atoms with Gasteiger partial charge in [0, 0.05) is 31.1 Å². The number of urea groups is 1. The molecule has 2 amide bonds. The van der Waals surface area contributed by atoms with Gasteiger partial charge in [0.1, 0.15) is 0 Å². The highest BCUT2D eigenvalue weighted by molar-refractivity contribution is 7.88. The Morgan fingerprint density at radius 3 is 2.62 bits per heavy atom. The molecule has 7 heteroatoms. The van der Waals surface area contributed by atoms with Crippen LogP contribution >= 0.6 is 0 Å². The third kappa shape index (κ3) is 4.27. The number of rotatable bonds is 5. The maximum Gasteiger partial charge on any atom is 0.317 e. The van der Waals surface area contributed by atoms with Crippen LogP contribution in [-0.4, -0.2) is 51.3 Å². The maximum absolute atomic E-state index is 12.5. The summed E-state index contributed by atoms with van der Waals surface area (Å²) >= 11 is 0. The number of piperidine rings is 1. The van der Waals surface area contributed by atoms with Gasteiger partial charge in [0.05, 0.1) is 6.26 Å². The number of sulfonamides is 1. The normalized spacial score (nSPS) is 22.9. The Bertz CT molecular complexity index is 686. The van der Waals surface area contributed by atoms with Gasteiger partial charge in [-0.3, -0.25) is 0 Å². The van der Waals surface area contributed by atoms with E-state index in [1.165, 1.54) is 5.56 Å². The molecule has 0 radical (unpaired) electrons. The number of hydrogen-bond donors (Lipinski definition) is 2. The summed E-state index contributed by atoms with van der Waals surface area (Å²) in [6.07, 6.45) is 4.92. The van der Waals surface area contributed by atoms with Gasteiger partial charge in [0.2, 0.25) is 10.0 Å². The van der Waals surface area contributed by atoms with Gasteiger partial charge in [-0.05, 0) is 31.2 Å². The van der Waals surface area contributed by atoms with Gasteiger partial charge in [0.15, 0.2) is 0 Å². The minimum atomic E-state index is -3.24. The summed E-state index contributed by atoms with van der Waals surface area (Å²) in [5.41, 5.74) is 1.36. The topological polar surface area (TPSA) is 78.5 Å². The van der Waals surface area contributed by atoms with E-state index >= 15 is 0 Å². The van der Waals surface area contributed by atoms with E-state index in [-0.39, 0.29) is 17.5 Å². The molecule has 1 aromatic rings. The van der Waals surface area contributed by atoms with Gasteiger partial charge in [0.25, 0.3) is 0 Å². The summed E-state index contributed by atoms with van der Waals surface area (Å²) < 4.78 is 25.3. The van der Waals surface area contributed by atoms with Crippen LogP contribution in [0.25, 0.3) is 0 Å². The lowest BCUT2D eigenvalue weighted by Crippen LogP contribution is -2.52. The van der Waals surface area contributed by atoms with Crippen molar-refractivity contribution in [3.63, 3.8) is 0 Å². The lowest BCUT2D eigenvalue weighted by molar-refractivity contribution is 0.176. The average Bonchev–Trinajstić information content (AvgIpc) is 3.33. The standard InChI is InChI=1S/C17H25N3O3S/c1-24(22,23)19-15-8-5-11-20(12-15)16(21)18-13-17(9-10-17)14-6-3-2-4-7-14/h2-4,6-7,15,19H,5,8-13H2,1H3,(H,18,21). The molecule has 1 atom stereocenters. The fraction of sp³-hybridized carbons (Fsp3) is 0.588. The van der Waals surface area contributed by atoms with Gasteiger partial charge in [-0.1, -0.05) is 30.3 Å². The molecule has 132 valence electrons. The van der Waals surface area contributed by atoms with E-state index in [4.69, 9.17) is 0 Å². The van der Waals surface area contributed by atoms with Crippen LogP contribution in [0, 0.1) is 0 Å². The Morgan fingerprint density at radius 1 is 1.29 bits per heavy atom. The molecule has 1 heterocycles. The molecule has 1 saturated heterocycles. The van der Waals surface area contributed by atoms with Gasteiger partial charge >= 0.3 is 6.03 Å². The van der Waals surface area contributed by atoms with E-state index in [9.17, 15) is 13.2 Å². The predicted octanol–water partition coefficient (Wildman–Crippen LogP) is 1.44. The fourth-order valence-electron chi connectivity index (χ4n) is 3.43. The highest BCUT2D eigenvalue weighted by Crippen LogP contribution is 2.47. The van der Waals surface area contributed by atoms with E-state index < -0.39 is 10.0 Å². The van der Waals surface area contributed by atoms with Crippen molar-refractivity contribution in [2.24, 2.45) is 0 Å². The molecule has 0 bridgehead atoms. The van der Waals surface area contributed by atoms with Crippen molar-refractivity contribution in [1.29, 1.82) is 0 Å². The smallest absolute Gasteiger partial charge is 0.317 e. The molecule has 24 heavy (non-hydrogen) atoms. The summed E-state index contributed by atoms with van der Waals surface area (Å²) in [6, 6.07) is 10.0. The summed E-state index contributed by atoms with van der Waals surface area (Å²) in [4.78, 5) is 14.2. The first-order chi connectivity index (χ1) is 11.4. The molecule has 0 aromatic heterocycles.